The zero-order valence-corrected chi connectivity index (χ0v) is 4.22. The molecule has 0 aliphatic carbocycles. The van der Waals surface area contributed by atoms with E-state index in [4.69, 9.17) is 5.73 Å². The zero-order valence-electron chi connectivity index (χ0n) is 4.22. The minimum Gasteiger partial charge on any atom is -0.399 e. The molecule has 0 fully saturated rings. The maximum absolute atomic E-state index is 5.15. The molecule has 1 heteroatoms. The largest absolute Gasteiger partial charge is 0.399 e. The van der Waals surface area contributed by atoms with Gasteiger partial charge in [-0.15, -0.1) is 0 Å². The molecule has 0 rings (SSSR count). The van der Waals surface area contributed by atoms with Crippen molar-refractivity contribution >= 4 is 0 Å². The van der Waals surface area contributed by atoms with E-state index in [0.717, 1.165) is 0 Å². The highest BCUT2D eigenvalue weighted by atomic mass is 14.5. The summed E-state index contributed by atoms with van der Waals surface area (Å²) in [5.41, 5.74) is 5.70. The highest BCUT2D eigenvalue weighted by Gasteiger charge is 1.65. The van der Waals surface area contributed by atoms with E-state index in [1.54, 1.807) is 18.2 Å². The molecule has 0 spiro atoms. The summed E-state index contributed by atoms with van der Waals surface area (Å²) in [6, 6.07) is 0. The van der Waals surface area contributed by atoms with Crippen molar-refractivity contribution in [2.75, 3.05) is 0 Å². The Labute approximate surface area is 43.8 Å². The summed E-state index contributed by atoms with van der Waals surface area (Å²) < 4.78 is 0. The van der Waals surface area contributed by atoms with Gasteiger partial charge in [-0.2, -0.15) is 0 Å². The van der Waals surface area contributed by atoms with E-state index in [9.17, 15) is 0 Å². The molecule has 0 aliphatic heterocycles. The van der Waals surface area contributed by atoms with Crippen LogP contribution in [0.25, 0.3) is 0 Å². The highest BCUT2D eigenvalue weighted by Crippen LogP contribution is 1.78. The van der Waals surface area contributed by atoms with Crippen LogP contribution in [-0.2, 0) is 0 Å². The van der Waals surface area contributed by atoms with Crippen LogP contribution in [0.2, 0.25) is 0 Å². The molecule has 0 heterocycles. The molecule has 38 valence electrons. The van der Waals surface area contributed by atoms with Crippen molar-refractivity contribution in [1.82, 2.24) is 0 Å². The van der Waals surface area contributed by atoms with Crippen molar-refractivity contribution in [3.8, 4) is 0 Å². The molecular weight excluding hydrogens is 86.1 g/mol. The van der Waals surface area contributed by atoms with Gasteiger partial charge in [0.25, 0.3) is 0 Å². The van der Waals surface area contributed by atoms with Gasteiger partial charge in [0.2, 0.25) is 0 Å². The molecular formula is C6H9N. The SMILES string of the molecule is C=C/C=C\C(=C)N. The van der Waals surface area contributed by atoms with Crippen LogP contribution in [0.15, 0.2) is 37.1 Å². The lowest BCUT2D eigenvalue weighted by molar-refractivity contribution is 1.45. The van der Waals surface area contributed by atoms with Gasteiger partial charge in [0.15, 0.2) is 0 Å². The maximum atomic E-state index is 5.15. The van der Waals surface area contributed by atoms with Crippen LogP contribution in [0.3, 0.4) is 0 Å². The molecule has 0 aromatic rings. The van der Waals surface area contributed by atoms with Gasteiger partial charge in [-0.25, -0.2) is 0 Å². The lowest BCUT2D eigenvalue weighted by atomic mass is 10.4. The van der Waals surface area contributed by atoms with Crippen LogP contribution < -0.4 is 5.73 Å². The van der Waals surface area contributed by atoms with Crippen LogP contribution in [0.1, 0.15) is 0 Å². The first-order valence-electron chi connectivity index (χ1n) is 2.01. The van der Waals surface area contributed by atoms with E-state index in [2.05, 4.69) is 13.2 Å². The zero-order chi connectivity index (χ0) is 5.70. The van der Waals surface area contributed by atoms with Gasteiger partial charge in [0, 0.05) is 5.70 Å². The third-order valence-electron chi connectivity index (χ3n) is 0.446. The molecule has 0 bridgehead atoms. The summed E-state index contributed by atoms with van der Waals surface area (Å²) in [4.78, 5) is 0. The smallest absolute Gasteiger partial charge is 0.0240 e. The van der Waals surface area contributed by atoms with Crippen molar-refractivity contribution in [2.45, 2.75) is 0 Å². The molecule has 0 aromatic carbocycles. The molecule has 0 aromatic heterocycles. The topological polar surface area (TPSA) is 26.0 Å². The van der Waals surface area contributed by atoms with Crippen molar-refractivity contribution < 1.29 is 0 Å². The molecule has 0 aliphatic rings. The number of rotatable bonds is 2. The summed E-state index contributed by atoms with van der Waals surface area (Å²) >= 11 is 0. The van der Waals surface area contributed by atoms with Crippen LogP contribution in [-0.4, -0.2) is 0 Å². The summed E-state index contributed by atoms with van der Waals surface area (Å²) in [6.45, 7) is 6.88. The summed E-state index contributed by atoms with van der Waals surface area (Å²) in [5, 5.41) is 0. The van der Waals surface area contributed by atoms with E-state index in [-0.39, 0.29) is 0 Å². The van der Waals surface area contributed by atoms with Gasteiger partial charge in [-0.1, -0.05) is 25.3 Å². The molecule has 1 nitrogen and oxygen atoms in total. The van der Waals surface area contributed by atoms with E-state index < -0.39 is 0 Å². The van der Waals surface area contributed by atoms with Gasteiger partial charge in [-0.3, -0.25) is 0 Å². The Balaban J connectivity index is 3.46. The molecule has 0 radical (unpaired) electrons. The van der Waals surface area contributed by atoms with E-state index in [1.165, 1.54) is 0 Å². The second-order valence-electron chi connectivity index (χ2n) is 1.17. The minimum atomic E-state index is 0.555. The monoisotopic (exact) mass is 95.1 g/mol. The Morgan fingerprint density at radius 1 is 1.57 bits per heavy atom. The van der Waals surface area contributed by atoms with Crippen molar-refractivity contribution in [3.63, 3.8) is 0 Å². The Bertz CT molecular complexity index is 101. The Morgan fingerprint density at radius 3 is 2.29 bits per heavy atom. The average molecular weight is 95.1 g/mol. The third kappa shape index (κ3) is 5.02. The second-order valence-corrected chi connectivity index (χ2v) is 1.17. The molecule has 2 N–H and O–H groups in total. The van der Waals surface area contributed by atoms with Crippen molar-refractivity contribution in [1.29, 1.82) is 0 Å². The fourth-order valence-corrected chi connectivity index (χ4v) is 0.192. The van der Waals surface area contributed by atoms with E-state index in [0.29, 0.717) is 5.70 Å². The van der Waals surface area contributed by atoms with Gasteiger partial charge in [0.1, 0.15) is 0 Å². The lowest BCUT2D eigenvalue weighted by Gasteiger charge is -1.78. The van der Waals surface area contributed by atoms with Crippen LogP contribution in [0, 0.1) is 0 Å². The van der Waals surface area contributed by atoms with Crippen molar-refractivity contribution in [3.05, 3.63) is 37.1 Å². The van der Waals surface area contributed by atoms with Crippen LogP contribution in [0.5, 0.6) is 0 Å². The fourth-order valence-electron chi connectivity index (χ4n) is 0.192. The molecule has 0 saturated heterocycles. The highest BCUT2D eigenvalue weighted by molar-refractivity contribution is 5.14. The van der Waals surface area contributed by atoms with Gasteiger partial charge >= 0.3 is 0 Å². The number of hydrogen-bond donors (Lipinski definition) is 1. The predicted molar refractivity (Wildman–Crippen MR) is 32.7 cm³/mol. The molecule has 0 unspecified atom stereocenters. The predicted octanol–water partition coefficient (Wildman–Crippen LogP) is 1.20. The second kappa shape index (κ2) is 3.22. The van der Waals surface area contributed by atoms with Gasteiger partial charge in [0.05, 0.1) is 0 Å². The lowest BCUT2D eigenvalue weighted by Crippen LogP contribution is -1.87. The fraction of sp³-hybridized carbons (Fsp3) is 0. The molecule has 0 amide bonds. The Morgan fingerprint density at radius 2 is 2.14 bits per heavy atom. The van der Waals surface area contributed by atoms with Crippen LogP contribution >= 0.6 is 0 Å². The van der Waals surface area contributed by atoms with Crippen molar-refractivity contribution in [2.24, 2.45) is 5.73 Å². The maximum Gasteiger partial charge on any atom is 0.0240 e. The van der Waals surface area contributed by atoms with E-state index >= 15 is 0 Å². The minimum absolute atomic E-state index is 0.555. The summed E-state index contributed by atoms with van der Waals surface area (Å²) in [6.07, 6.45) is 5.08. The third-order valence-corrected chi connectivity index (χ3v) is 0.446. The number of nitrogens with two attached hydrogens (primary N) is 1. The first kappa shape index (κ1) is 6.02. The Kier molecular flexibility index (Phi) is 2.77. The number of allylic oxidation sites excluding steroid dienone is 3. The van der Waals surface area contributed by atoms with Crippen LogP contribution in [0.4, 0.5) is 0 Å². The molecule has 0 atom stereocenters. The van der Waals surface area contributed by atoms with Gasteiger partial charge in [-0.05, 0) is 6.08 Å². The first-order valence-corrected chi connectivity index (χ1v) is 2.01. The van der Waals surface area contributed by atoms with E-state index in [1.807, 2.05) is 0 Å². The molecule has 7 heavy (non-hydrogen) atoms. The summed E-state index contributed by atoms with van der Waals surface area (Å²) in [5.74, 6) is 0. The first-order chi connectivity index (χ1) is 3.27. The van der Waals surface area contributed by atoms with Gasteiger partial charge < -0.3 is 5.73 Å². The average Bonchev–Trinajstić information content (AvgIpc) is 1.61. The standard InChI is InChI=1S/C6H9N/c1-3-4-5-6(2)7/h3-5H,1-2,7H2/b5-4-. The number of hydrogen-bond acceptors (Lipinski definition) is 1. The normalized spacial score (nSPS) is 9.14. The molecule has 0 saturated carbocycles. The Hall–Kier alpha value is -0.980. The summed E-state index contributed by atoms with van der Waals surface area (Å²) in [7, 11) is 0. The quantitative estimate of drug-likeness (QED) is 0.512.